The summed E-state index contributed by atoms with van der Waals surface area (Å²) in [5.41, 5.74) is 4.07. The van der Waals surface area contributed by atoms with Crippen molar-refractivity contribution in [3.8, 4) is 0 Å². The molecule has 0 aliphatic carbocycles. The first-order chi connectivity index (χ1) is 11.0. The first kappa shape index (κ1) is 16.2. The number of likely N-dealkylation sites (tertiary alicyclic amines) is 1. The van der Waals surface area contributed by atoms with Gasteiger partial charge in [-0.3, -0.25) is 9.78 Å². The van der Waals surface area contributed by atoms with E-state index in [-0.39, 0.29) is 11.9 Å². The van der Waals surface area contributed by atoms with Gasteiger partial charge in [-0.1, -0.05) is 15.9 Å². The van der Waals surface area contributed by atoms with Crippen LogP contribution in [0.25, 0.3) is 10.9 Å². The van der Waals surface area contributed by atoms with E-state index in [0.29, 0.717) is 0 Å². The summed E-state index contributed by atoms with van der Waals surface area (Å²) < 4.78 is 1.03. The average Bonchev–Trinajstić information content (AvgIpc) is 2.64. The summed E-state index contributed by atoms with van der Waals surface area (Å²) in [6.07, 6.45) is 3.01. The number of benzene rings is 1. The number of amides is 1. The van der Waals surface area contributed by atoms with E-state index in [0.717, 1.165) is 58.1 Å². The van der Waals surface area contributed by atoms with Gasteiger partial charge in [0.1, 0.15) is 6.04 Å². The normalized spacial score (nSPS) is 19.0. The summed E-state index contributed by atoms with van der Waals surface area (Å²) in [6.45, 7) is 4.90. The van der Waals surface area contributed by atoms with Crippen molar-refractivity contribution in [1.29, 1.82) is 0 Å². The standard InChI is InChI=1S/C18H22BrN3O/c1-11-8-13(19)10-14-16(9-12(2)20-17(11)14)21-15-6-4-5-7-22(3)18(15)23/h8-10,15H,4-7H2,1-3H3,(H,20,21)/t15-/m1/s1. The zero-order valence-electron chi connectivity index (χ0n) is 13.8. The lowest BCUT2D eigenvalue weighted by Crippen LogP contribution is -2.39. The van der Waals surface area contributed by atoms with Crippen LogP contribution in [0.4, 0.5) is 5.69 Å². The molecule has 0 radical (unpaired) electrons. The zero-order valence-corrected chi connectivity index (χ0v) is 15.4. The molecule has 1 fully saturated rings. The lowest BCUT2D eigenvalue weighted by molar-refractivity contribution is -0.130. The molecule has 4 nitrogen and oxygen atoms in total. The predicted octanol–water partition coefficient (Wildman–Crippen LogP) is 4.04. The topological polar surface area (TPSA) is 45.2 Å². The molecular weight excluding hydrogens is 354 g/mol. The van der Waals surface area contributed by atoms with Crippen LogP contribution in [0.3, 0.4) is 0 Å². The number of aryl methyl sites for hydroxylation is 2. The molecule has 1 N–H and O–H groups in total. The number of rotatable bonds is 2. The molecule has 1 aliphatic heterocycles. The van der Waals surface area contributed by atoms with Crippen molar-refractivity contribution in [3.05, 3.63) is 33.9 Å². The Morgan fingerprint density at radius 3 is 2.83 bits per heavy atom. The van der Waals surface area contributed by atoms with Crippen molar-refractivity contribution < 1.29 is 4.79 Å². The molecule has 1 atom stereocenters. The number of nitrogens with one attached hydrogen (secondary N) is 1. The Kier molecular flexibility index (Phi) is 4.57. The number of carbonyl (C=O) groups excluding carboxylic acids is 1. The predicted molar refractivity (Wildman–Crippen MR) is 97.8 cm³/mol. The smallest absolute Gasteiger partial charge is 0.244 e. The third-order valence-electron chi connectivity index (χ3n) is 4.44. The van der Waals surface area contributed by atoms with E-state index in [4.69, 9.17) is 0 Å². The number of aromatic nitrogens is 1. The number of likely N-dealkylation sites (N-methyl/N-ethyl adjacent to an activating group) is 1. The van der Waals surface area contributed by atoms with Crippen LogP contribution in [0, 0.1) is 13.8 Å². The Bertz CT molecular complexity index is 760. The monoisotopic (exact) mass is 375 g/mol. The molecule has 1 aromatic carbocycles. The summed E-state index contributed by atoms with van der Waals surface area (Å²) in [5, 5.41) is 4.54. The molecule has 1 saturated heterocycles. The Morgan fingerprint density at radius 2 is 2.04 bits per heavy atom. The Labute approximate surface area is 145 Å². The molecule has 0 unspecified atom stereocenters. The number of hydrogen-bond donors (Lipinski definition) is 1. The van der Waals surface area contributed by atoms with Crippen molar-refractivity contribution in [2.24, 2.45) is 0 Å². The second-order valence-corrected chi connectivity index (χ2v) is 7.30. The van der Waals surface area contributed by atoms with Gasteiger partial charge in [0.2, 0.25) is 5.91 Å². The fourth-order valence-electron chi connectivity index (χ4n) is 3.22. The van der Waals surface area contributed by atoms with Gasteiger partial charge in [0.25, 0.3) is 0 Å². The van der Waals surface area contributed by atoms with Gasteiger partial charge < -0.3 is 10.2 Å². The summed E-state index contributed by atoms with van der Waals surface area (Å²) in [4.78, 5) is 19.0. The highest BCUT2D eigenvalue weighted by atomic mass is 79.9. The molecule has 122 valence electrons. The van der Waals surface area contributed by atoms with Crippen molar-refractivity contribution >= 4 is 38.4 Å². The number of carbonyl (C=O) groups is 1. The van der Waals surface area contributed by atoms with Crippen LogP contribution >= 0.6 is 15.9 Å². The van der Waals surface area contributed by atoms with Crippen molar-refractivity contribution in [3.63, 3.8) is 0 Å². The summed E-state index contributed by atoms with van der Waals surface area (Å²) in [7, 11) is 1.89. The Balaban J connectivity index is 2.03. The van der Waals surface area contributed by atoms with Gasteiger partial charge in [0.05, 0.1) is 5.52 Å². The maximum atomic E-state index is 12.5. The number of anilines is 1. The van der Waals surface area contributed by atoms with Gasteiger partial charge in [0, 0.05) is 34.8 Å². The van der Waals surface area contributed by atoms with E-state index in [9.17, 15) is 4.79 Å². The first-order valence-electron chi connectivity index (χ1n) is 8.05. The Hall–Kier alpha value is -1.62. The van der Waals surface area contributed by atoms with Gasteiger partial charge in [-0.05, 0) is 56.9 Å². The van der Waals surface area contributed by atoms with Crippen molar-refractivity contribution in [1.82, 2.24) is 9.88 Å². The molecule has 1 aliphatic rings. The Morgan fingerprint density at radius 1 is 1.26 bits per heavy atom. The minimum absolute atomic E-state index is 0.160. The molecule has 5 heteroatoms. The van der Waals surface area contributed by atoms with Gasteiger partial charge in [-0.15, -0.1) is 0 Å². The molecule has 1 aromatic heterocycles. The molecule has 3 rings (SSSR count). The molecule has 1 amide bonds. The second-order valence-electron chi connectivity index (χ2n) is 6.38. The van der Waals surface area contributed by atoms with Crippen LogP contribution < -0.4 is 5.32 Å². The highest BCUT2D eigenvalue weighted by Crippen LogP contribution is 2.30. The molecule has 2 aromatic rings. The quantitative estimate of drug-likeness (QED) is 0.861. The van der Waals surface area contributed by atoms with Crippen LogP contribution in [0.2, 0.25) is 0 Å². The molecule has 23 heavy (non-hydrogen) atoms. The fourth-order valence-corrected chi connectivity index (χ4v) is 3.79. The number of fused-ring (bicyclic) bond motifs is 1. The first-order valence-corrected chi connectivity index (χ1v) is 8.84. The highest BCUT2D eigenvalue weighted by Gasteiger charge is 2.25. The van der Waals surface area contributed by atoms with Crippen LogP contribution in [0.15, 0.2) is 22.7 Å². The second kappa shape index (κ2) is 6.48. The van der Waals surface area contributed by atoms with E-state index >= 15 is 0 Å². The molecule has 0 spiro atoms. The average molecular weight is 376 g/mol. The third-order valence-corrected chi connectivity index (χ3v) is 4.90. The number of pyridine rings is 1. The van der Waals surface area contributed by atoms with E-state index in [1.54, 1.807) is 0 Å². The highest BCUT2D eigenvalue weighted by molar-refractivity contribution is 9.10. The molecule has 0 bridgehead atoms. The van der Waals surface area contributed by atoms with Crippen LogP contribution in [-0.4, -0.2) is 35.4 Å². The van der Waals surface area contributed by atoms with Crippen LogP contribution in [0.1, 0.15) is 30.5 Å². The fraction of sp³-hybridized carbons (Fsp3) is 0.444. The molecular formula is C18H22BrN3O. The van der Waals surface area contributed by atoms with Gasteiger partial charge in [-0.25, -0.2) is 0 Å². The molecule has 2 heterocycles. The number of hydrogen-bond acceptors (Lipinski definition) is 3. The van der Waals surface area contributed by atoms with Crippen molar-refractivity contribution in [2.45, 2.75) is 39.2 Å². The minimum atomic E-state index is -0.160. The van der Waals surface area contributed by atoms with Gasteiger partial charge in [0.15, 0.2) is 0 Å². The van der Waals surface area contributed by atoms with E-state index < -0.39 is 0 Å². The number of halogens is 1. The largest absolute Gasteiger partial charge is 0.373 e. The zero-order chi connectivity index (χ0) is 16.6. The van der Waals surface area contributed by atoms with Gasteiger partial charge >= 0.3 is 0 Å². The lowest BCUT2D eigenvalue weighted by Gasteiger charge is -2.23. The van der Waals surface area contributed by atoms with E-state index in [2.05, 4.69) is 45.3 Å². The van der Waals surface area contributed by atoms with Gasteiger partial charge in [-0.2, -0.15) is 0 Å². The molecule has 0 saturated carbocycles. The maximum Gasteiger partial charge on any atom is 0.244 e. The number of nitrogens with zero attached hydrogens (tertiary/aromatic N) is 2. The SMILES string of the molecule is Cc1cc(N[C@@H]2CCCCN(C)C2=O)c2cc(Br)cc(C)c2n1. The summed E-state index contributed by atoms with van der Waals surface area (Å²) >= 11 is 3.56. The third kappa shape index (κ3) is 3.34. The minimum Gasteiger partial charge on any atom is -0.373 e. The lowest BCUT2D eigenvalue weighted by atomic mass is 10.1. The maximum absolute atomic E-state index is 12.5. The summed E-state index contributed by atoms with van der Waals surface area (Å²) in [5.74, 6) is 0.178. The van der Waals surface area contributed by atoms with Crippen LogP contribution in [0.5, 0.6) is 0 Å². The van der Waals surface area contributed by atoms with Crippen molar-refractivity contribution in [2.75, 3.05) is 18.9 Å². The van der Waals surface area contributed by atoms with Crippen LogP contribution in [-0.2, 0) is 4.79 Å². The summed E-state index contributed by atoms with van der Waals surface area (Å²) in [6, 6.07) is 6.02. The van der Waals surface area contributed by atoms with E-state index in [1.165, 1.54) is 0 Å². The van der Waals surface area contributed by atoms with E-state index in [1.807, 2.05) is 24.9 Å².